The van der Waals surface area contributed by atoms with E-state index in [-0.39, 0.29) is 35.7 Å². The fourth-order valence-corrected chi connectivity index (χ4v) is 4.78. The first-order chi connectivity index (χ1) is 18.0. The Balaban J connectivity index is 1.32. The van der Waals surface area contributed by atoms with E-state index in [4.69, 9.17) is 11.6 Å². The molecule has 7 nitrogen and oxygen atoms in total. The second-order valence-corrected chi connectivity index (χ2v) is 10.3. The average molecular weight is 533 g/mol. The Labute approximate surface area is 223 Å². The van der Waals surface area contributed by atoms with Gasteiger partial charge in [0.25, 0.3) is 11.5 Å². The summed E-state index contributed by atoms with van der Waals surface area (Å²) in [6.45, 7) is 0.658. The van der Waals surface area contributed by atoms with Crippen molar-refractivity contribution < 1.29 is 9.59 Å². The number of carbonyl (C=O) groups is 2. The molecule has 1 aromatic heterocycles. The smallest absolute Gasteiger partial charge is 0.262 e. The molecule has 1 heterocycles. The summed E-state index contributed by atoms with van der Waals surface area (Å²) in [5.74, 6) is -0.141. The van der Waals surface area contributed by atoms with Crippen molar-refractivity contribution in [1.29, 1.82) is 0 Å². The normalized spacial score (nSPS) is 12.9. The summed E-state index contributed by atoms with van der Waals surface area (Å²) in [5.41, 5.74) is 2.80. The molecule has 9 heteroatoms. The Morgan fingerprint density at radius 3 is 2.41 bits per heavy atom. The van der Waals surface area contributed by atoms with E-state index in [0.29, 0.717) is 33.2 Å². The van der Waals surface area contributed by atoms with Gasteiger partial charge in [0.2, 0.25) is 5.91 Å². The number of para-hydroxylation sites is 1. The molecular formula is C28H25ClN4O3S. The van der Waals surface area contributed by atoms with Gasteiger partial charge in [0.05, 0.1) is 23.2 Å². The number of hydrogen-bond donors (Lipinski definition) is 2. The number of carbonyl (C=O) groups excluding carboxylic acids is 2. The van der Waals surface area contributed by atoms with Crippen molar-refractivity contribution in [2.24, 2.45) is 0 Å². The summed E-state index contributed by atoms with van der Waals surface area (Å²) in [6, 6.07) is 22.0. The lowest BCUT2D eigenvalue weighted by Crippen LogP contribution is -2.27. The molecule has 2 amide bonds. The first kappa shape index (κ1) is 25.0. The molecule has 0 saturated heterocycles. The molecule has 0 radical (unpaired) electrons. The highest BCUT2D eigenvalue weighted by atomic mass is 35.5. The van der Waals surface area contributed by atoms with Crippen molar-refractivity contribution in [3.8, 4) is 0 Å². The summed E-state index contributed by atoms with van der Waals surface area (Å²) >= 11 is 7.13. The first-order valence-electron chi connectivity index (χ1n) is 12.0. The van der Waals surface area contributed by atoms with Gasteiger partial charge in [-0.15, -0.1) is 0 Å². The molecule has 0 unspecified atom stereocenters. The van der Waals surface area contributed by atoms with E-state index >= 15 is 0 Å². The molecule has 1 aliphatic carbocycles. The maximum absolute atomic E-state index is 13.4. The van der Waals surface area contributed by atoms with Gasteiger partial charge in [-0.2, -0.15) is 0 Å². The van der Waals surface area contributed by atoms with Crippen LogP contribution in [0.5, 0.6) is 0 Å². The minimum absolute atomic E-state index is 0.0838. The van der Waals surface area contributed by atoms with E-state index in [0.717, 1.165) is 24.0 Å². The van der Waals surface area contributed by atoms with Crippen molar-refractivity contribution in [1.82, 2.24) is 20.2 Å². The van der Waals surface area contributed by atoms with Gasteiger partial charge in [-0.25, -0.2) is 4.98 Å². The molecule has 188 valence electrons. The molecule has 5 rings (SSSR count). The van der Waals surface area contributed by atoms with E-state index in [9.17, 15) is 14.4 Å². The summed E-state index contributed by atoms with van der Waals surface area (Å²) < 4.78 is 1.58. The largest absolute Gasteiger partial charge is 0.351 e. The highest BCUT2D eigenvalue weighted by Crippen LogP contribution is 2.21. The molecule has 0 atom stereocenters. The van der Waals surface area contributed by atoms with Crippen LogP contribution in [0.25, 0.3) is 10.9 Å². The molecule has 4 aromatic rings. The van der Waals surface area contributed by atoms with Crippen LogP contribution in [0, 0.1) is 0 Å². The molecule has 1 aliphatic rings. The highest BCUT2D eigenvalue weighted by Gasteiger charge is 2.23. The van der Waals surface area contributed by atoms with Crippen molar-refractivity contribution in [2.45, 2.75) is 37.1 Å². The van der Waals surface area contributed by atoms with Crippen LogP contribution in [0.1, 0.15) is 34.3 Å². The third-order valence-electron chi connectivity index (χ3n) is 6.03. The number of aromatic nitrogens is 2. The summed E-state index contributed by atoms with van der Waals surface area (Å²) in [5, 5.41) is 7.48. The second kappa shape index (κ2) is 11.2. The third kappa shape index (κ3) is 6.39. The first-order valence-corrected chi connectivity index (χ1v) is 13.4. The van der Waals surface area contributed by atoms with Crippen molar-refractivity contribution in [2.75, 3.05) is 5.75 Å². The summed E-state index contributed by atoms with van der Waals surface area (Å²) in [7, 11) is 0. The number of nitrogens with one attached hydrogen (secondary N) is 2. The van der Waals surface area contributed by atoms with Gasteiger partial charge in [0.15, 0.2) is 5.16 Å². The fraction of sp³-hybridized carbons (Fsp3) is 0.214. The molecule has 0 bridgehead atoms. The van der Waals surface area contributed by atoms with Crippen LogP contribution in [0.15, 0.2) is 82.7 Å². The highest BCUT2D eigenvalue weighted by molar-refractivity contribution is 7.99. The number of benzene rings is 3. The molecule has 0 aliphatic heterocycles. The van der Waals surface area contributed by atoms with E-state index < -0.39 is 0 Å². The monoisotopic (exact) mass is 532 g/mol. The van der Waals surface area contributed by atoms with Gasteiger partial charge < -0.3 is 10.6 Å². The maximum Gasteiger partial charge on any atom is 0.262 e. The van der Waals surface area contributed by atoms with E-state index in [1.165, 1.54) is 11.8 Å². The molecule has 37 heavy (non-hydrogen) atoms. The van der Waals surface area contributed by atoms with Gasteiger partial charge in [-0.05, 0) is 60.4 Å². The fourth-order valence-electron chi connectivity index (χ4n) is 3.82. The zero-order valence-electron chi connectivity index (χ0n) is 19.9. The van der Waals surface area contributed by atoms with Crippen LogP contribution in [-0.2, 0) is 17.9 Å². The molecule has 0 spiro atoms. The molecule has 2 N–H and O–H groups in total. The molecule has 1 saturated carbocycles. The lowest BCUT2D eigenvalue weighted by atomic mass is 10.1. The number of rotatable bonds is 9. The maximum atomic E-state index is 13.4. The molecule has 3 aromatic carbocycles. The van der Waals surface area contributed by atoms with Crippen LogP contribution in [-0.4, -0.2) is 33.2 Å². The van der Waals surface area contributed by atoms with Gasteiger partial charge in [-0.3, -0.25) is 19.0 Å². The van der Waals surface area contributed by atoms with Crippen LogP contribution in [0.3, 0.4) is 0 Å². The van der Waals surface area contributed by atoms with Gasteiger partial charge in [0, 0.05) is 23.2 Å². The lowest BCUT2D eigenvalue weighted by Gasteiger charge is -2.14. The van der Waals surface area contributed by atoms with Crippen molar-refractivity contribution in [3.05, 3.63) is 105 Å². The van der Waals surface area contributed by atoms with Crippen molar-refractivity contribution >= 4 is 46.1 Å². The van der Waals surface area contributed by atoms with Crippen LogP contribution >= 0.6 is 23.4 Å². The minimum Gasteiger partial charge on any atom is -0.351 e. The van der Waals surface area contributed by atoms with Gasteiger partial charge in [0.1, 0.15) is 0 Å². The number of fused-ring (bicyclic) bond motifs is 1. The molecular weight excluding hydrogens is 508 g/mol. The zero-order chi connectivity index (χ0) is 25.8. The van der Waals surface area contributed by atoms with Crippen molar-refractivity contribution in [3.63, 3.8) is 0 Å². The predicted octanol–water partition coefficient (Wildman–Crippen LogP) is 4.40. The van der Waals surface area contributed by atoms with E-state index in [1.807, 2.05) is 30.3 Å². The van der Waals surface area contributed by atoms with Crippen LogP contribution in [0.2, 0.25) is 5.02 Å². The number of halogens is 1. The van der Waals surface area contributed by atoms with E-state index in [2.05, 4.69) is 15.6 Å². The summed E-state index contributed by atoms with van der Waals surface area (Å²) in [6.07, 6.45) is 2.06. The van der Waals surface area contributed by atoms with E-state index in [1.54, 1.807) is 47.0 Å². The molecule has 1 fully saturated rings. The number of hydrogen-bond acceptors (Lipinski definition) is 5. The standard InChI is InChI=1S/C28H25ClN4O3S/c29-21-11-7-18(8-12-21)15-30-25(34)17-37-28-32-24-4-2-1-3-23(24)27(36)33(28)16-19-5-9-20(10-6-19)26(35)31-22-13-14-22/h1-12,22H,13-17H2,(H,30,34)(H,31,35). The Morgan fingerprint density at radius 2 is 1.68 bits per heavy atom. The Kier molecular flexibility index (Phi) is 7.58. The predicted molar refractivity (Wildman–Crippen MR) is 146 cm³/mol. The lowest BCUT2D eigenvalue weighted by molar-refractivity contribution is -0.118. The number of nitrogens with zero attached hydrogens (tertiary/aromatic N) is 2. The SMILES string of the molecule is O=C(CSc1nc2ccccc2c(=O)n1Cc1ccc(C(=O)NC2CC2)cc1)NCc1ccc(Cl)cc1. The van der Waals surface area contributed by atoms with Gasteiger partial charge >= 0.3 is 0 Å². The topological polar surface area (TPSA) is 93.1 Å². The minimum atomic E-state index is -0.176. The summed E-state index contributed by atoms with van der Waals surface area (Å²) in [4.78, 5) is 42.9. The number of amides is 2. The second-order valence-electron chi connectivity index (χ2n) is 8.94. The van der Waals surface area contributed by atoms with Crippen LogP contribution in [0.4, 0.5) is 0 Å². The Bertz CT molecular complexity index is 1500. The average Bonchev–Trinajstić information content (AvgIpc) is 3.73. The number of thioether (sulfide) groups is 1. The Morgan fingerprint density at radius 1 is 0.973 bits per heavy atom. The van der Waals surface area contributed by atoms with Gasteiger partial charge in [-0.1, -0.05) is 59.8 Å². The third-order valence-corrected chi connectivity index (χ3v) is 7.26. The quantitative estimate of drug-likeness (QED) is 0.246. The Hall–Kier alpha value is -3.62. The van der Waals surface area contributed by atoms with Crippen LogP contribution < -0.4 is 16.2 Å². The zero-order valence-corrected chi connectivity index (χ0v) is 21.5.